The van der Waals surface area contributed by atoms with Gasteiger partial charge >= 0.3 is 0 Å². The Labute approximate surface area is 130 Å². The Morgan fingerprint density at radius 1 is 1.19 bits per heavy atom. The van der Waals surface area contributed by atoms with Crippen LogP contribution in [0.1, 0.15) is 73.6 Å². The third-order valence-electron chi connectivity index (χ3n) is 5.22. The lowest BCUT2D eigenvalue weighted by Gasteiger charge is -2.39. The van der Waals surface area contributed by atoms with Crippen molar-refractivity contribution in [2.24, 2.45) is 17.3 Å². The van der Waals surface area contributed by atoms with E-state index >= 15 is 0 Å². The highest BCUT2D eigenvalue weighted by molar-refractivity contribution is 5.84. The summed E-state index contributed by atoms with van der Waals surface area (Å²) in [5.74, 6) is 1.53. The predicted octanol–water partition coefficient (Wildman–Crippen LogP) is 3.78. The van der Waals surface area contributed by atoms with E-state index in [0.717, 1.165) is 12.8 Å². The molecule has 1 saturated heterocycles. The van der Waals surface area contributed by atoms with Crippen LogP contribution in [-0.2, 0) is 4.79 Å². The summed E-state index contributed by atoms with van der Waals surface area (Å²) in [5.41, 5.74) is 0.263. The van der Waals surface area contributed by atoms with Crippen LogP contribution in [0.4, 0.5) is 0 Å². The standard InChI is InChI=1S/C18H34N2O/c1-12(2)10-14-17(21)20(16(19-14)11-13(3)4)15-8-7-9-18(15,5)6/h12-16,19H,7-11H2,1-6H3. The van der Waals surface area contributed by atoms with E-state index in [1.807, 2.05) is 0 Å². The maximum atomic E-state index is 13.0. The van der Waals surface area contributed by atoms with E-state index in [4.69, 9.17) is 0 Å². The van der Waals surface area contributed by atoms with Gasteiger partial charge in [-0.1, -0.05) is 48.0 Å². The number of carbonyl (C=O) groups excluding carboxylic acids is 1. The van der Waals surface area contributed by atoms with Gasteiger partial charge in [0.15, 0.2) is 0 Å². The third kappa shape index (κ3) is 3.61. The molecule has 21 heavy (non-hydrogen) atoms. The molecule has 3 heteroatoms. The van der Waals surface area contributed by atoms with Crippen LogP contribution < -0.4 is 5.32 Å². The van der Waals surface area contributed by atoms with Crippen LogP contribution in [0.25, 0.3) is 0 Å². The van der Waals surface area contributed by atoms with E-state index < -0.39 is 0 Å². The number of hydrogen-bond donors (Lipinski definition) is 1. The fraction of sp³-hybridized carbons (Fsp3) is 0.944. The summed E-state index contributed by atoms with van der Waals surface area (Å²) in [7, 11) is 0. The van der Waals surface area contributed by atoms with Crippen molar-refractivity contribution in [2.75, 3.05) is 0 Å². The van der Waals surface area contributed by atoms with Gasteiger partial charge in [0.1, 0.15) is 0 Å². The van der Waals surface area contributed by atoms with Crippen molar-refractivity contribution in [2.45, 2.75) is 91.9 Å². The molecule has 1 aliphatic carbocycles. The Hall–Kier alpha value is -0.570. The van der Waals surface area contributed by atoms with E-state index in [9.17, 15) is 4.79 Å². The summed E-state index contributed by atoms with van der Waals surface area (Å²) in [4.78, 5) is 15.2. The molecule has 1 N–H and O–H groups in total. The summed E-state index contributed by atoms with van der Waals surface area (Å²) in [6, 6.07) is 0.448. The second-order valence-electron chi connectivity index (χ2n) is 8.64. The number of carbonyl (C=O) groups is 1. The maximum absolute atomic E-state index is 13.0. The zero-order valence-electron chi connectivity index (χ0n) is 14.8. The first-order valence-corrected chi connectivity index (χ1v) is 8.80. The fourth-order valence-electron chi connectivity index (χ4n) is 4.18. The Morgan fingerprint density at radius 3 is 2.29 bits per heavy atom. The molecular weight excluding hydrogens is 260 g/mol. The van der Waals surface area contributed by atoms with Crippen molar-refractivity contribution < 1.29 is 4.79 Å². The zero-order chi connectivity index (χ0) is 15.8. The van der Waals surface area contributed by atoms with Gasteiger partial charge in [-0.25, -0.2) is 0 Å². The van der Waals surface area contributed by atoms with Crippen LogP contribution in [0.15, 0.2) is 0 Å². The highest BCUT2D eigenvalue weighted by Crippen LogP contribution is 2.43. The predicted molar refractivity (Wildman–Crippen MR) is 87.9 cm³/mol. The van der Waals surface area contributed by atoms with Crippen LogP contribution in [0.2, 0.25) is 0 Å². The molecule has 1 saturated carbocycles. The van der Waals surface area contributed by atoms with Gasteiger partial charge in [0.2, 0.25) is 5.91 Å². The van der Waals surface area contributed by atoms with Gasteiger partial charge in [0, 0.05) is 6.04 Å². The number of rotatable bonds is 5. The molecule has 1 amide bonds. The molecule has 3 unspecified atom stereocenters. The Morgan fingerprint density at radius 2 is 1.81 bits per heavy atom. The van der Waals surface area contributed by atoms with E-state index in [-0.39, 0.29) is 17.6 Å². The second-order valence-corrected chi connectivity index (χ2v) is 8.64. The first kappa shape index (κ1) is 16.8. The minimum absolute atomic E-state index is 0.0325. The molecule has 2 fully saturated rings. The van der Waals surface area contributed by atoms with Crippen molar-refractivity contribution in [3.8, 4) is 0 Å². The normalized spacial score (nSPS) is 32.7. The lowest BCUT2D eigenvalue weighted by molar-refractivity contribution is -0.134. The summed E-state index contributed by atoms with van der Waals surface area (Å²) in [6.45, 7) is 13.6. The lowest BCUT2D eigenvalue weighted by atomic mass is 9.85. The monoisotopic (exact) mass is 294 g/mol. The molecule has 0 bridgehead atoms. The van der Waals surface area contributed by atoms with Crippen molar-refractivity contribution in [3.05, 3.63) is 0 Å². The van der Waals surface area contributed by atoms with Gasteiger partial charge in [-0.15, -0.1) is 0 Å². The molecule has 0 aromatic rings. The summed E-state index contributed by atoms with van der Waals surface area (Å²) < 4.78 is 0. The Bertz CT molecular complexity index is 375. The number of amides is 1. The molecule has 0 aromatic carbocycles. The molecule has 1 heterocycles. The lowest BCUT2D eigenvalue weighted by Crippen LogP contribution is -2.49. The van der Waals surface area contributed by atoms with E-state index in [0.29, 0.717) is 23.8 Å². The topological polar surface area (TPSA) is 32.3 Å². The number of hydrogen-bond acceptors (Lipinski definition) is 2. The van der Waals surface area contributed by atoms with Gasteiger partial charge in [-0.2, -0.15) is 0 Å². The summed E-state index contributed by atoms with van der Waals surface area (Å²) in [5, 5.41) is 3.64. The molecule has 122 valence electrons. The molecule has 0 spiro atoms. The van der Waals surface area contributed by atoms with Gasteiger partial charge in [0.05, 0.1) is 12.2 Å². The van der Waals surface area contributed by atoms with Crippen LogP contribution in [-0.4, -0.2) is 29.1 Å². The summed E-state index contributed by atoms with van der Waals surface area (Å²) >= 11 is 0. The number of nitrogens with one attached hydrogen (secondary N) is 1. The first-order valence-electron chi connectivity index (χ1n) is 8.80. The average molecular weight is 294 g/mol. The SMILES string of the molecule is CC(C)CC1NC(CC(C)C)N(C2CCCC2(C)C)C1=O. The molecule has 1 aliphatic heterocycles. The van der Waals surface area contributed by atoms with Crippen LogP contribution in [0.5, 0.6) is 0 Å². The summed E-state index contributed by atoms with van der Waals surface area (Å²) in [6.07, 6.45) is 5.92. The van der Waals surface area contributed by atoms with E-state index in [1.54, 1.807) is 0 Å². The van der Waals surface area contributed by atoms with E-state index in [1.165, 1.54) is 19.3 Å². The van der Waals surface area contributed by atoms with Crippen molar-refractivity contribution in [1.82, 2.24) is 10.2 Å². The first-order chi connectivity index (χ1) is 9.72. The highest BCUT2D eigenvalue weighted by Gasteiger charge is 2.48. The minimum Gasteiger partial charge on any atom is -0.322 e. The molecule has 2 rings (SSSR count). The van der Waals surface area contributed by atoms with E-state index in [2.05, 4.69) is 51.8 Å². The maximum Gasteiger partial charge on any atom is 0.241 e. The van der Waals surface area contributed by atoms with Crippen molar-refractivity contribution >= 4 is 5.91 Å². The van der Waals surface area contributed by atoms with Gasteiger partial charge in [-0.05, 0) is 42.9 Å². The van der Waals surface area contributed by atoms with Crippen LogP contribution >= 0.6 is 0 Å². The Kier molecular flexibility index (Phi) is 5.02. The molecule has 2 aliphatic rings. The van der Waals surface area contributed by atoms with Crippen molar-refractivity contribution in [1.29, 1.82) is 0 Å². The van der Waals surface area contributed by atoms with Gasteiger partial charge in [0.25, 0.3) is 0 Å². The fourth-order valence-corrected chi connectivity index (χ4v) is 4.18. The average Bonchev–Trinajstić information content (AvgIpc) is 2.79. The second kappa shape index (κ2) is 6.28. The minimum atomic E-state index is 0.0325. The zero-order valence-corrected chi connectivity index (χ0v) is 14.8. The Balaban J connectivity index is 2.19. The molecule has 0 aromatic heterocycles. The number of nitrogens with zero attached hydrogens (tertiary/aromatic N) is 1. The molecule has 0 radical (unpaired) electrons. The van der Waals surface area contributed by atoms with Gasteiger partial charge in [-0.3, -0.25) is 10.1 Å². The largest absolute Gasteiger partial charge is 0.322 e. The third-order valence-corrected chi connectivity index (χ3v) is 5.22. The molecule has 3 atom stereocenters. The molecular formula is C18H34N2O. The van der Waals surface area contributed by atoms with Crippen LogP contribution in [0.3, 0.4) is 0 Å². The smallest absolute Gasteiger partial charge is 0.241 e. The highest BCUT2D eigenvalue weighted by atomic mass is 16.2. The van der Waals surface area contributed by atoms with Crippen molar-refractivity contribution in [3.63, 3.8) is 0 Å². The van der Waals surface area contributed by atoms with Crippen LogP contribution in [0, 0.1) is 17.3 Å². The quantitative estimate of drug-likeness (QED) is 0.837. The molecule has 3 nitrogen and oxygen atoms in total. The van der Waals surface area contributed by atoms with Gasteiger partial charge < -0.3 is 4.90 Å².